The van der Waals surface area contributed by atoms with E-state index in [1.54, 1.807) is 27.7 Å². The number of thioether (sulfide) groups is 1. The first kappa shape index (κ1) is 23.3. The molecule has 0 saturated carbocycles. The molecule has 0 spiro atoms. The highest BCUT2D eigenvalue weighted by molar-refractivity contribution is 8.01. The number of ether oxygens (including phenoxy) is 3. The lowest BCUT2D eigenvalue weighted by Crippen LogP contribution is -2.63. The van der Waals surface area contributed by atoms with Gasteiger partial charge in [0.05, 0.1) is 12.6 Å². The van der Waals surface area contributed by atoms with Gasteiger partial charge in [0.1, 0.15) is 5.60 Å². The first-order valence-electron chi connectivity index (χ1n) is 8.96. The van der Waals surface area contributed by atoms with Crippen LogP contribution in [0.15, 0.2) is 0 Å². The van der Waals surface area contributed by atoms with Crippen LogP contribution < -0.4 is 5.32 Å². The number of nitrogens with one attached hydrogen (secondary N) is 1. The second-order valence-electron chi connectivity index (χ2n) is 8.03. The largest absolute Gasteiger partial charge is 0.465 e. The lowest BCUT2D eigenvalue weighted by molar-refractivity contribution is -0.204. The second-order valence-corrected chi connectivity index (χ2v) is 13.6. The highest BCUT2D eigenvalue weighted by Crippen LogP contribution is 2.42. The van der Waals surface area contributed by atoms with Gasteiger partial charge in [-0.15, -0.1) is 11.8 Å². The summed E-state index contributed by atoms with van der Waals surface area (Å²) in [5.74, 6) is -1.20. The molecule has 152 valence electrons. The third-order valence-corrected chi connectivity index (χ3v) is 5.62. The van der Waals surface area contributed by atoms with Crippen molar-refractivity contribution in [3.05, 3.63) is 0 Å². The van der Waals surface area contributed by atoms with Crippen molar-refractivity contribution in [3.8, 4) is 0 Å². The highest BCUT2D eigenvalue weighted by Gasteiger charge is 2.59. The Bertz CT molecular complexity index is 504. The maximum atomic E-state index is 12.6. The lowest BCUT2D eigenvalue weighted by Gasteiger charge is -2.42. The van der Waals surface area contributed by atoms with Crippen LogP contribution in [0.1, 0.15) is 34.6 Å². The summed E-state index contributed by atoms with van der Waals surface area (Å²) in [7, 11) is -2.12. The summed E-state index contributed by atoms with van der Waals surface area (Å²) in [6.45, 7) is 15.7. The number of hydrogen-bond donors (Lipinski definition) is 1. The van der Waals surface area contributed by atoms with Crippen molar-refractivity contribution in [2.75, 3.05) is 19.0 Å². The van der Waals surface area contributed by atoms with E-state index in [4.69, 9.17) is 18.6 Å². The van der Waals surface area contributed by atoms with E-state index in [1.807, 2.05) is 26.6 Å². The average Bonchev–Trinajstić information content (AvgIpc) is 2.73. The number of alkyl carbamates (subject to hydrolysis) is 1. The van der Waals surface area contributed by atoms with E-state index in [2.05, 4.69) is 5.32 Å². The third kappa shape index (κ3) is 6.44. The molecular weight excluding hydrogens is 374 g/mol. The number of rotatable bonds is 7. The van der Waals surface area contributed by atoms with Gasteiger partial charge in [-0.25, -0.2) is 4.79 Å². The molecule has 0 bridgehead atoms. The fourth-order valence-corrected chi connectivity index (χ4v) is 5.46. The number of amides is 1. The molecule has 3 atom stereocenters. The van der Waals surface area contributed by atoms with Crippen molar-refractivity contribution in [2.24, 2.45) is 0 Å². The number of hydrogen-bond acceptors (Lipinski definition) is 7. The van der Waals surface area contributed by atoms with Crippen molar-refractivity contribution in [1.29, 1.82) is 0 Å². The summed E-state index contributed by atoms with van der Waals surface area (Å²) in [6, 6.07) is -0.525. The van der Waals surface area contributed by atoms with Crippen molar-refractivity contribution in [3.63, 3.8) is 0 Å². The zero-order chi connectivity index (χ0) is 20.2. The summed E-state index contributed by atoms with van der Waals surface area (Å²) in [5.41, 5.74) is -0.621. The Kier molecular flexibility index (Phi) is 8.00. The molecule has 1 N–H and O–H groups in total. The molecule has 1 fully saturated rings. The Morgan fingerprint density at radius 3 is 2.27 bits per heavy atom. The van der Waals surface area contributed by atoms with Gasteiger partial charge in [0.25, 0.3) is 0 Å². The molecule has 26 heavy (non-hydrogen) atoms. The molecular formula is C17H33NO6SSi. The maximum Gasteiger partial charge on any atom is 0.408 e. The molecule has 0 aromatic rings. The molecule has 7 nitrogen and oxygen atoms in total. The topological polar surface area (TPSA) is 83.1 Å². The van der Waals surface area contributed by atoms with Crippen molar-refractivity contribution in [2.45, 2.75) is 76.9 Å². The fraction of sp³-hybridized carbons (Fsp3) is 0.882. The van der Waals surface area contributed by atoms with Gasteiger partial charge < -0.3 is 24.0 Å². The van der Waals surface area contributed by atoms with Crippen LogP contribution in [-0.2, 0) is 23.4 Å². The second kappa shape index (κ2) is 8.94. The molecule has 1 rings (SSSR count). The van der Waals surface area contributed by atoms with Crippen LogP contribution in [0.2, 0.25) is 19.6 Å². The minimum Gasteiger partial charge on any atom is -0.465 e. The number of esters is 1. The Hall–Kier alpha value is -0.773. The Balaban J connectivity index is 3.16. The molecule has 0 aliphatic carbocycles. The molecule has 0 radical (unpaired) electrons. The van der Waals surface area contributed by atoms with E-state index in [1.165, 1.54) is 11.8 Å². The summed E-state index contributed by atoms with van der Waals surface area (Å²) in [6.07, 6.45) is -0.559. The standard InChI is InChI=1S/C17H33NO6SSi/c1-9-21-14(19)13-17(22-10-2,24-26(6,7)8)12(11-25-13)18-15(20)23-16(3,4)5/h12-13H,9-11H2,1-8H3,(H,18,20). The monoisotopic (exact) mass is 407 g/mol. The highest BCUT2D eigenvalue weighted by atomic mass is 32.2. The van der Waals surface area contributed by atoms with Gasteiger partial charge in [-0.2, -0.15) is 0 Å². The minimum atomic E-state index is -2.12. The van der Waals surface area contributed by atoms with Crippen LogP contribution in [-0.4, -0.2) is 62.0 Å². The zero-order valence-electron chi connectivity index (χ0n) is 17.1. The maximum absolute atomic E-state index is 12.6. The number of carbonyl (C=O) groups is 2. The first-order chi connectivity index (χ1) is 11.8. The molecule has 1 aliphatic rings. The molecule has 9 heteroatoms. The molecule has 1 aliphatic heterocycles. The van der Waals surface area contributed by atoms with Crippen LogP contribution >= 0.6 is 11.8 Å². The van der Waals surface area contributed by atoms with Crippen LogP contribution in [0.25, 0.3) is 0 Å². The van der Waals surface area contributed by atoms with E-state index in [9.17, 15) is 9.59 Å². The normalized spacial score (nSPS) is 26.5. The molecule has 0 aromatic carbocycles. The number of carbonyl (C=O) groups excluding carboxylic acids is 2. The summed E-state index contributed by atoms with van der Waals surface area (Å²) in [4.78, 5) is 24.9. The zero-order valence-corrected chi connectivity index (χ0v) is 19.0. The minimum absolute atomic E-state index is 0.273. The third-order valence-electron chi connectivity index (χ3n) is 3.31. The summed E-state index contributed by atoms with van der Waals surface area (Å²) >= 11 is 1.37. The SMILES string of the molecule is CCOC(=O)C1SCC(NC(=O)OC(C)(C)C)C1(OCC)O[Si](C)(C)C. The summed E-state index contributed by atoms with van der Waals surface area (Å²) in [5, 5.41) is 2.17. The molecule has 1 saturated heterocycles. The summed E-state index contributed by atoms with van der Waals surface area (Å²) < 4.78 is 23.0. The van der Waals surface area contributed by atoms with Crippen LogP contribution in [0.3, 0.4) is 0 Å². The van der Waals surface area contributed by atoms with Crippen molar-refractivity contribution < 1.29 is 28.2 Å². The fourth-order valence-electron chi connectivity index (χ4n) is 2.68. The van der Waals surface area contributed by atoms with E-state index < -0.39 is 43.1 Å². The molecule has 3 unspecified atom stereocenters. The smallest absolute Gasteiger partial charge is 0.408 e. The van der Waals surface area contributed by atoms with Gasteiger partial charge >= 0.3 is 12.1 Å². The predicted molar refractivity (Wildman–Crippen MR) is 105 cm³/mol. The molecule has 0 aromatic heterocycles. The van der Waals surface area contributed by atoms with Crippen molar-refractivity contribution in [1.82, 2.24) is 5.32 Å². The van der Waals surface area contributed by atoms with Gasteiger partial charge in [0.15, 0.2) is 13.6 Å². The lowest BCUT2D eigenvalue weighted by atomic mass is 10.1. The van der Waals surface area contributed by atoms with E-state index in [-0.39, 0.29) is 6.61 Å². The quantitative estimate of drug-likeness (QED) is 0.394. The predicted octanol–water partition coefficient (Wildman–Crippen LogP) is 3.14. The van der Waals surface area contributed by atoms with Gasteiger partial charge in [0, 0.05) is 12.4 Å². The van der Waals surface area contributed by atoms with Gasteiger partial charge in [0.2, 0.25) is 5.79 Å². The first-order valence-corrected chi connectivity index (χ1v) is 13.4. The van der Waals surface area contributed by atoms with Crippen LogP contribution in [0.5, 0.6) is 0 Å². The van der Waals surface area contributed by atoms with Crippen LogP contribution in [0, 0.1) is 0 Å². The van der Waals surface area contributed by atoms with Gasteiger partial charge in [-0.1, -0.05) is 0 Å². The molecule has 1 heterocycles. The Morgan fingerprint density at radius 1 is 1.19 bits per heavy atom. The van der Waals surface area contributed by atoms with E-state index >= 15 is 0 Å². The van der Waals surface area contributed by atoms with E-state index in [0.717, 1.165) is 0 Å². The van der Waals surface area contributed by atoms with Crippen LogP contribution in [0.4, 0.5) is 4.79 Å². The van der Waals surface area contributed by atoms with E-state index in [0.29, 0.717) is 12.4 Å². The Morgan fingerprint density at radius 2 is 1.81 bits per heavy atom. The van der Waals surface area contributed by atoms with Gasteiger partial charge in [-0.05, 0) is 54.3 Å². The Labute approximate surface area is 162 Å². The van der Waals surface area contributed by atoms with Gasteiger partial charge in [-0.3, -0.25) is 4.79 Å². The average molecular weight is 408 g/mol. The van der Waals surface area contributed by atoms with Crippen molar-refractivity contribution >= 4 is 32.1 Å². The molecule has 1 amide bonds.